The molecule has 2 aromatic heterocycles. The number of allylic oxidation sites excluding steroid dienone is 3. The second-order valence-corrected chi connectivity index (χ2v) is 14.2. The molecule has 39 heavy (non-hydrogen) atoms. The molecule has 196 valence electrons. The summed E-state index contributed by atoms with van der Waals surface area (Å²) in [5.74, 6) is 0.700. The highest BCUT2D eigenvalue weighted by Crippen LogP contribution is 2.51. The number of thiophene rings is 1. The molecule has 0 spiro atoms. The molecular weight excluding hydrogens is 564 g/mol. The number of fused-ring (bicyclic) bond motifs is 1. The zero-order valence-electron chi connectivity index (χ0n) is 21.4. The number of hydrogen-bond donors (Lipinski definition) is 1. The summed E-state index contributed by atoms with van der Waals surface area (Å²) < 4.78 is 2.20. The van der Waals surface area contributed by atoms with E-state index in [-0.39, 0.29) is 11.2 Å². The van der Waals surface area contributed by atoms with Gasteiger partial charge in [0.2, 0.25) is 0 Å². The number of carbonyl (C=O) groups is 1. The average Bonchev–Trinajstić information content (AvgIpc) is 3.53. The molecule has 2 N–H and O–H groups in total. The van der Waals surface area contributed by atoms with Gasteiger partial charge in [-0.1, -0.05) is 55.4 Å². The molecule has 5 nitrogen and oxygen atoms in total. The topological polar surface area (TPSA) is 83.0 Å². The van der Waals surface area contributed by atoms with Crippen molar-refractivity contribution in [3.05, 3.63) is 98.1 Å². The van der Waals surface area contributed by atoms with Crippen LogP contribution >= 0.6 is 46.0 Å². The molecule has 0 bridgehead atoms. The Morgan fingerprint density at radius 2 is 2.03 bits per heavy atom. The van der Waals surface area contributed by atoms with E-state index in [4.69, 9.17) is 22.3 Å². The van der Waals surface area contributed by atoms with Crippen LogP contribution in [0.15, 0.2) is 87.0 Å². The Morgan fingerprint density at radius 3 is 2.79 bits per heavy atom. The third-order valence-electron chi connectivity index (χ3n) is 7.04. The van der Waals surface area contributed by atoms with E-state index in [1.54, 1.807) is 40.5 Å². The number of anilines is 1. The third-order valence-corrected chi connectivity index (χ3v) is 10.6. The van der Waals surface area contributed by atoms with Gasteiger partial charge in [0.25, 0.3) is 0 Å². The summed E-state index contributed by atoms with van der Waals surface area (Å²) in [6.45, 7) is 4.20. The van der Waals surface area contributed by atoms with Gasteiger partial charge < -0.3 is 5.73 Å². The molecule has 0 amide bonds. The van der Waals surface area contributed by atoms with E-state index in [0.717, 1.165) is 37.4 Å². The number of carbonyl (C=O) groups excluding carboxylic acids is 1. The van der Waals surface area contributed by atoms with Crippen LogP contribution in [0, 0.1) is 16.7 Å². The Kier molecular flexibility index (Phi) is 6.80. The molecule has 0 radical (unpaired) electrons. The number of thioether (sulfide) groups is 1. The first-order valence-corrected chi connectivity index (χ1v) is 15.6. The lowest BCUT2D eigenvalue weighted by Crippen LogP contribution is -2.42. The first kappa shape index (κ1) is 26.1. The molecule has 9 heteroatoms. The van der Waals surface area contributed by atoms with Crippen LogP contribution in [0.4, 0.5) is 5.69 Å². The van der Waals surface area contributed by atoms with Crippen LogP contribution in [0.1, 0.15) is 43.0 Å². The van der Waals surface area contributed by atoms with E-state index < -0.39 is 5.92 Å². The predicted octanol–water partition coefficient (Wildman–Crippen LogP) is 8.24. The van der Waals surface area contributed by atoms with Crippen molar-refractivity contribution in [2.75, 3.05) is 4.90 Å². The molecule has 4 aromatic rings. The van der Waals surface area contributed by atoms with Gasteiger partial charge >= 0.3 is 0 Å². The highest BCUT2D eigenvalue weighted by molar-refractivity contribution is 8.00. The quantitative estimate of drug-likeness (QED) is 0.236. The first-order valence-electron chi connectivity index (χ1n) is 12.5. The van der Waals surface area contributed by atoms with E-state index in [1.807, 2.05) is 41.3 Å². The van der Waals surface area contributed by atoms with Gasteiger partial charge in [-0.05, 0) is 59.2 Å². The fraction of sp³-hybridized carbons (Fsp3) is 0.233. The number of benzene rings is 2. The van der Waals surface area contributed by atoms with Gasteiger partial charge in [0.15, 0.2) is 10.1 Å². The molecule has 1 aliphatic carbocycles. The Hall–Kier alpha value is -3.09. The first-order chi connectivity index (χ1) is 18.7. The molecule has 0 saturated heterocycles. The number of nitrogens with zero attached hydrogens (tertiary/aromatic N) is 3. The maximum Gasteiger partial charge on any atom is 0.162 e. The molecule has 6 rings (SSSR count). The fourth-order valence-corrected chi connectivity index (χ4v) is 8.70. The number of Topliss-reactive ketones (excluding diaryl/α,β-unsaturated/α-hetero) is 1. The number of ketones is 1. The molecular formula is C30H25ClN4OS3. The molecule has 3 heterocycles. The molecule has 0 saturated carbocycles. The van der Waals surface area contributed by atoms with Crippen LogP contribution in [0.2, 0.25) is 5.02 Å². The number of halogens is 1. The predicted molar refractivity (Wildman–Crippen MR) is 162 cm³/mol. The van der Waals surface area contributed by atoms with E-state index in [2.05, 4.69) is 37.4 Å². The normalized spacial score (nSPS) is 19.0. The minimum atomic E-state index is -0.477. The molecule has 1 aliphatic heterocycles. The van der Waals surface area contributed by atoms with Crippen molar-refractivity contribution < 1.29 is 4.79 Å². The molecule has 2 aliphatic rings. The van der Waals surface area contributed by atoms with Crippen LogP contribution < -0.4 is 10.6 Å². The van der Waals surface area contributed by atoms with Gasteiger partial charge in [-0.15, -0.1) is 22.7 Å². The highest BCUT2D eigenvalue weighted by Gasteiger charge is 2.45. The minimum Gasteiger partial charge on any atom is -0.384 e. The summed E-state index contributed by atoms with van der Waals surface area (Å²) in [6, 6.07) is 20.0. The summed E-state index contributed by atoms with van der Waals surface area (Å²) in [5.41, 5.74) is 11.4. The number of nitrogens with two attached hydrogens (primary N) is 1. The summed E-state index contributed by atoms with van der Waals surface area (Å²) in [4.78, 5) is 21.3. The fourth-order valence-electron chi connectivity index (χ4n) is 5.38. The lowest BCUT2D eigenvalue weighted by atomic mass is 9.69. The van der Waals surface area contributed by atoms with Crippen molar-refractivity contribution in [3.63, 3.8) is 0 Å². The summed E-state index contributed by atoms with van der Waals surface area (Å²) in [7, 11) is 0. The number of aromatic nitrogens is 1. The SMILES string of the molecule is CC1(C)CC(=O)C2=C(C1)N(c1cccc(Cl)c1)C(N)=C(C#N)[C@@H]2c1cc(CSc2nc3ccccc3s2)cs1. The van der Waals surface area contributed by atoms with Crippen LogP contribution in [-0.2, 0) is 10.5 Å². The standard InChI is InChI=1S/C30H25ClN4OS3/c1-30(2)12-22-27(23(36)13-30)26(20(14-32)28(33)35(22)19-7-5-6-18(31)11-19)25-10-17(15-37-25)16-38-29-34-21-8-3-4-9-24(21)39-29/h3-11,15,26H,12-13,16,33H2,1-2H3/t26-/m1/s1. The summed E-state index contributed by atoms with van der Waals surface area (Å²) in [5, 5.41) is 13.0. The van der Waals surface area contributed by atoms with Gasteiger partial charge in [-0.25, -0.2) is 4.98 Å². The van der Waals surface area contributed by atoms with Crippen molar-refractivity contribution in [1.29, 1.82) is 5.26 Å². The number of para-hydroxylation sites is 1. The minimum absolute atomic E-state index is 0.0670. The Morgan fingerprint density at radius 1 is 1.21 bits per heavy atom. The smallest absolute Gasteiger partial charge is 0.162 e. The molecule has 0 unspecified atom stereocenters. The number of thiazole rings is 1. The largest absolute Gasteiger partial charge is 0.384 e. The monoisotopic (exact) mass is 588 g/mol. The summed E-state index contributed by atoms with van der Waals surface area (Å²) in [6.07, 6.45) is 1.10. The number of hydrogen-bond acceptors (Lipinski definition) is 8. The summed E-state index contributed by atoms with van der Waals surface area (Å²) >= 11 is 11.3. The van der Waals surface area contributed by atoms with E-state index in [1.165, 1.54) is 4.70 Å². The maximum absolute atomic E-state index is 13.8. The van der Waals surface area contributed by atoms with Crippen LogP contribution in [0.3, 0.4) is 0 Å². The maximum atomic E-state index is 13.8. The Labute approximate surface area is 244 Å². The second-order valence-electron chi connectivity index (χ2n) is 10.6. The van der Waals surface area contributed by atoms with Crippen molar-refractivity contribution in [3.8, 4) is 6.07 Å². The zero-order valence-corrected chi connectivity index (χ0v) is 24.6. The van der Waals surface area contributed by atoms with Crippen molar-refractivity contribution >= 4 is 67.7 Å². The lowest BCUT2D eigenvalue weighted by molar-refractivity contribution is -0.118. The van der Waals surface area contributed by atoms with E-state index in [9.17, 15) is 10.1 Å². The van der Waals surface area contributed by atoms with Crippen LogP contribution in [0.5, 0.6) is 0 Å². The van der Waals surface area contributed by atoms with Gasteiger partial charge in [0, 0.05) is 39.0 Å². The Balaban J connectivity index is 1.38. The second kappa shape index (κ2) is 10.1. The van der Waals surface area contributed by atoms with Gasteiger partial charge in [-0.2, -0.15) is 5.26 Å². The molecule has 0 fully saturated rings. The number of rotatable bonds is 5. The molecule has 2 aromatic carbocycles. The molecule has 1 atom stereocenters. The van der Waals surface area contributed by atoms with Gasteiger partial charge in [0.1, 0.15) is 5.82 Å². The van der Waals surface area contributed by atoms with Gasteiger partial charge in [0.05, 0.1) is 27.8 Å². The van der Waals surface area contributed by atoms with E-state index >= 15 is 0 Å². The van der Waals surface area contributed by atoms with Crippen molar-refractivity contribution in [2.24, 2.45) is 11.1 Å². The van der Waals surface area contributed by atoms with Crippen LogP contribution in [-0.4, -0.2) is 10.8 Å². The highest BCUT2D eigenvalue weighted by atomic mass is 35.5. The van der Waals surface area contributed by atoms with Crippen molar-refractivity contribution in [2.45, 2.75) is 42.7 Å². The average molecular weight is 589 g/mol. The Bertz CT molecular complexity index is 1690. The van der Waals surface area contributed by atoms with Gasteiger partial charge in [-0.3, -0.25) is 9.69 Å². The third kappa shape index (κ3) is 4.89. The van der Waals surface area contributed by atoms with Crippen LogP contribution in [0.25, 0.3) is 10.2 Å². The van der Waals surface area contributed by atoms with Crippen molar-refractivity contribution in [1.82, 2.24) is 4.98 Å². The zero-order chi connectivity index (χ0) is 27.3. The lowest BCUT2D eigenvalue weighted by Gasteiger charge is -2.43. The number of nitriles is 1. The van der Waals surface area contributed by atoms with E-state index in [0.29, 0.717) is 34.8 Å².